The van der Waals surface area contributed by atoms with Gasteiger partial charge in [-0.3, -0.25) is 0 Å². The van der Waals surface area contributed by atoms with E-state index in [1.165, 1.54) is 0 Å². The molecule has 2 rings (SSSR count). The molecule has 2 aromatic rings. The van der Waals surface area contributed by atoms with Crippen molar-refractivity contribution in [3.05, 3.63) is 46.0 Å². The first-order valence-electron chi connectivity index (χ1n) is 4.59. The van der Waals surface area contributed by atoms with Gasteiger partial charge in [-0.05, 0) is 28.5 Å². The van der Waals surface area contributed by atoms with Crippen molar-refractivity contribution in [2.45, 2.75) is 19.4 Å². The maximum atomic E-state index is 10.0. The Morgan fingerprint density at radius 3 is 3.00 bits per heavy atom. The quantitative estimate of drug-likeness (QED) is 0.841. The molecule has 74 valence electrons. The van der Waals surface area contributed by atoms with Crippen LogP contribution in [0.4, 0.5) is 0 Å². The fourth-order valence-electron chi connectivity index (χ4n) is 1.49. The predicted octanol–water partition coefficient (Wildman–Crippen LogP) is 2.99. The number of aliphatic hydroxyl groups is 1. The van der Waals surface area contributed by atoms with Gasteiger partial charge in [-0.2, -0.15) is 11.3 Å². The molecular weight excluding hydrogens is 196 g/mol. The summed E-state index contributed by atoms with van der Waals surface area (Å²) in [6, 6.07) is 3.77. The van der Waals surface area contributed by atoms with Gasteiger partial charge in [-0.1, -0.05) is 6.92 Å². The van der Waals surface area contributed by atoms with Gasteiger partial charge in [0.1, 0.15) is 11.9 Å². The summed E-state index contributed by atoms with van der Waals surface area (Å²) < 4.78 is 5.28. The first-order chi connectivity index (χ1) is 6.83. The van der Waals surface area contributed by atoms with E-state index in [4.69, 9.17) is 4.42 Å². The molecule has 0 saturated heterocycles. The van der Waals surface area contributed by atoms with Gasteiger partial charge < -0.3 is 9.52 Å². The fourth-order valence-corrected chi connectivity index (χ4v) is 2.17. The Balaban J connectivity index is 2.31. The number of aryl methyl sites for hydroxylation is 1. The van der Waals surface area contributed by atoms with Crippen LogP contribution in [0.25, 0.3) is 0 Å². The van der Waals surface area contributed by atoms with Crippen LogP contribution in [0.5, 0.6) is 0 Å². The molecule has 0 aliphatic carbocycles. The Morgan fingerprint density at radius 2 is 2.36 bits per heavy atom. The van der Waals surface area contributed by atoms with Crippen LogP contribution < -0.4 is 0 Å². The molecule has 0 fully saturated rings. The molecule has 0 bridgehead atoms. The van der Waals surface area contributed by atoms with E-state index in [1.807, 2.05) is 29.8 Å². The molecular formula is C11H12O2S. The molecule has 0 amide bonds. The average Bonchev–Trinajstić information content (AvgIpc) is 2.87. The van der Waals surface area contributed by atoms with Gasteiger partial charge in [0.15, 0.2) is 0 Å². The first-order valence-corrected chi connectivity index (χ1v) is 5.53. The summed E-state index contributed by atoms with van der Waals surface area (Å²) in [5.74, 6) is 0.865. The highest BCUT2D eigenvalue weighted by molar-refractivity contribution is 7.07. The van der Waals surface area contributed by atoms with E-state index in [0.29, 0.717) is 0 Å². The molecule has 0 saturated carbocycles. The zero-order valence-corrected chi connectivity index (χ0v) is 8.75. The maximum Gasteiger partial charge on any atom is 0.109 e. The lowest BCUT2D eigenvalue weighted by molar-refractivity contribution is 0.218. The lowest BCUT2D eigenvalue weighted by Crippen LogP contribution is -1.99. The maximum absolute atomic E-state index is 10.0. The van der Waals surface area contributed by atoms with Gasteiger partial charge in [-0.25, -0.2) is 0 Å². The van der Waals surface area contributed by atoms with E-state index in [1.54, 1.807) is 17.6 Å². The van der Waals surface area contributed by atoms with Crippen LogP contribution in [0.3, 0.4) is 0 Å². The summed E-state index contributed by atoms with van der Waals surface area (Å²) in [5.41, 5.74) is 1.82. The molecule has 3 heteroatoms. The summed E-state index contributed by atoms with van der Waals surface area (Å²) in [7, 11) is 0. The van der Waals surface area contributed by atoms with Crippen LogP contribution in [0.2, 0.25) is 0 Å². The summed E-state index contributed by atoms with van der Waals surface area (Å²) in [5, 5.41) is 13.9. The predicted molar refractivity (Wildman–Crippen MR) is 56.5 cm³/mol. The first kappa shape index (κ1) is 9.49. The van der Waals surface area contributed by atoms with E-state index in [2.05, 4.69) is 0 Å². The summed E-state index contributed by atoms with van der Waals surface area (Å²) in [6.07, 6.45) is 1.89. The lowest BCUT2D eigenvalue weighted by Gasteiger charge is -2.07. The number of hydrogen-bond donors (Lipinski definition) is 1. The Hall–Kier alpha value is -1.06. The number of rotatable bonds is 3. The Bertz CT molecular complexity index is 389. The minimum atomic E-state index is -0.546. The molecule has 1 N–H and O–H groups in total. The summed E-state index contributed by atoms with van der Waals surface area (Å²) >= 11 is 1.59. The monoisotopic (exact) mass is 208 g/mol. The molecule has 2 nitrogen and oxygen atoms in total. The number of hydrogen-bond acceptors (Lipinski definition) is 3. The molecule has 0 aromatic carbocycles. The van der Waals surface area contributed by atoms with Crippen molar-refractivity contribution in [2.75, 3.05) is 0 Å². The molecule has 1 atom stereocenters. The van der Waals surface area contributed by atoms with Crippen LogP contribution >= 0.6 is 11.3 Å². The van der Waals surface area contributed by atoms with E-state index in [-0.39, 0.29) is 0 Å². The number of thiophene rings is 1. The van der Waals surface area contributed by atoms with Crippen molar-refractivity contribution in [3.63, 3.8) is 0 Å². The normalized spacial score (nSPS) is 13.0. The van der Waals surface area contributed by atoms with Crippen LogP contribution in [0, 0.1) is 0 Å². The van der Waals surface area contributed by atoms with Crippen molar-refractivity contribution in [1.82, 2.24) is 0 Å². The smallest absolute Gasteiger partial charge is 0.109 e. The number of furan rings is 1. The zero-order valence-electron chi connectivity index (χ0n) is 7.93. The van der Waals surface area contributed by atoms with Crippen LogP contribution in [0.1, 0.15) is 29.9 Å². The van der Waals surface area contributed by atoms with Crippen LogP contribution in [-0.4, -0.2) is 5.11 Å². The highest BCUT2D eigenvalue weighted by Crippen LogP contribution is 2.27. The molecule has 14 heavy (non-hydrogen) atoms. The standard InChI is InChI=1S/C11H12O2S/c1-2-10-9(3-5-13-10)11(12)8-4-6-14-7-8/h3-7,11-12H,2H2,1H3. The summed E-state index contributed by atoms with van der Waals surface area (Å²) in [4.78, 5) is 0. The lowest BCUT2D eigenvalue weighted by atomic mass is 10.0. The summed E-state index contributed by atoms with van der Waals surface area (Å²) in [6.45, 7) is 2.02. The van der Waals surface area contributed by atoms with Gasteiger partial charge in [0.25, 0.3) is 0 Å². The highest BCUT2D eigenvalue weighted by Gasteiger charge is 2.16. The van der Waals surface area contributed by atoms with Gasteiger partial charge in [0.05, 0.1) is 6.26 Å². The van der Waals surface area contributed by atoms with Crippen molar-refractivity contribution < 1.29 is 9.52 Å². The highest BCUT2D eigenvalue weighted by atomic mass is 32.1. The van der Waals surface area contributed by atoms with Crippen molar-refractivity contribution in [1.29, 1.82) is 0 Å². The molecule has 0 aliphatic rings. The second kappa shape index (κ2) is 3.98. The largest absolute Gasteiger partial charge is 0.469 e. The van der Waals surface area contributed by atoms with E-state index >= 15 is 0 Å². The van der Waals surface area contributed by atoms with Gasteiger partial charge in [-0.15, -0.1) is 0 Å². The van der Waals surface area contributed by atoms with Gasteiger partial charge in [0, 0.05) is 12.0 Å². The van der Waals surface area contributed by atoms with Crippen LogP contribution in [-0.2, 0) is 6.42 Å². The van der Waals surface area contributed by atoms with E-state index < -0.39 is 6.10 Å². The molecule has 0 aliphatic heterocycles. The molecule has 0 radical (unpaired) electrons. The molecule has 2 heterocycles. The molecule has 0 spiro atoms. The van der Waals surface area contributed by atoms with Crippen molar-refractivity contribution in [2.24, 2.45) is 0 Å². The second-order valence-electron chi connectivity index (χ2n) is 3.11. The van der Waals surface area contributed by atoms with Crippen molar-refractivity contribution >= 4 is 11.3 Å². The van der Waals surface area contributed by atoms with E-state index in [9.17, 15) is 5.11 Å². The number of aliphatic hydroxyl groups excluding tert-OH is 1. The third-order valence-electron chi connectivity index (χ3n) is 2.25. The molecule has 2 aromatic heterocycles. The van der Waals surface area contributed by atoms with Crippen LogP contribution in [0.15, 0.2) is 33.6 Å². The Kier molecular flexibility index (Phi) is 2.70. The zero-order chi connectivity index (χ0) is 9.97. The fraction of sp³-hybridized carbons (Fsp3) is 0.273. The average molecular weight is 208 g/mol. The van der Waals surface area contributed by atoms with Gasteiger partial charge >= 0.3 is 0 Å². The Labute approximate surface area is 86.8 Å². The molecule has 1 unspecified atom stereocenters. The third-order valence-corrected chi connectivity index (χ3v) is 2.96. The second-order valence-corrected chi connectivity index (χ2v) is 3.89. The van der Waals surface area contributed by atoms with Crippen molar-refractivity contribution in [3.8, 4) is 0 Å². The minimum absolute atomic E-state index is 0.546. The third kappa shape index (κ3) is 1.61. The van der Waals surface area contributed by atoms with E-state index in [0.717, 1.165) is 23.3 Å². The SMILES string of the molecule is CCc1occc1C(O)c1ccsc1. The topological polar surface area (TPSA) is 33.4 Å². The Morgan fingerprint density at radius 1 is 1.50 bits per heavy atom. The van der Waals surface area contributed by atoms with Gasteiger partial charge in [0.2, 0.25) is 0 Å². The minimum Gasteiger partial charge on any atom is -0.469 e.